The fourth-order valence-corrected chi connectivity index (χ4v) is 1.57. The highest BCUT2D eigenvalue weighted by molar-refractivity contribution is 9.10. The van der Waals surface area contributed by atoms with Crippen LogP contribution in [0.2, 0.25) is 0 Å². The fourth-order valence-electron chi connectivity index (χ4n) is 1.33. The molecule has 0 radical (unpaired) electrons. The zero-order valence-corrected chi connectivity index (χ0v) is 10.8. The number of halogens is 1. The van der Waals surface area contributed by atoms with Gasteiger partial charge in [0, 0.05) is 22.8 Å². The SMILES string of the molecule is CNCC/C=C(/C)Cc1ccc(Br)cn1. The average Bonchev–Trinajstić information content (AvgIpc) is 2.22. The number of rotatable bonds is 5. The maximum absolute atomic E-state index is 4.34. The first-order chi connectivity index (χ1) is 7.22. The Bertz CT molecular complexity index is 317. The minimum absolute atomic E-state index is 0.941. The molecule has 0 aliphatic carbocycles. The molecule has 0 aliphatic heterocycles. The third kappa shape index (κ3) is 5.09. The quantitative estimate of drug-likeness (QED) is 0.656. The van der Waals surface area contributed by atoms with Gasteiger partial charge in [-0.2, -0.15) is 0 Å². The van der Waals surface area contributed by atoms with Gasteiger partial charge in [0.15, 0.2) is 0 Å². The molecule has 0 amide bonds. The summed E-state index contributed by atoms with van der Waals surface area (Å²) in [6.45, 7) is 3.19. The Morgan fingerprint density at radius 2 is 2.33 bits per heavy atom. The van der Waals surface area contributed by atoms with E-state index >= 15 is 0 Å². The average molecular weight is 269 g/mol. The van der Waals surface area contributed by atoms with Gasteiger partial charge in [-0.05, 0) is 55.0 Å². The summed E-state index contributed by atoms with van der Waals surface area (Å²) in [6.07, 6.45) is 6.13. The summed E-state index contributed by atoms with van der Waals surface area (Å²) in [7, 11) is 1.97. The molecule has 0 aliphatic rings. The number of pyridine rings is 1. The molecule has 0 saturated carbocycles. The Labute approximate surface area is 99.9 Å². The topological polar surface area (TPSA) is 24.9 Å². The third-order valence-corrected chi connectivity index (χ3v) is 2.60. The fraction of sp³-hybridized carbons (Fsp3) is 0.417. The van der Waals surface area contributed by atoms with Crippen molar-refractivity contribution in [1.82, 2.24) is 10.3 Å². The molecular weight excluding hydrogens is 252 g/mol. The van der Waals surface area contributed by atoms with Crippen LogP contribution in [0.1, 0.15) is 19.0 Å². The Morgan fingerprint density at radius 1 is 1.53 bits per heavy atom. The number of nitrogens with zero attached hydrogens (tertiary/aromatic N) is 1. The van der Waals surface area contributed by atoms with E-state index in [4.69, 9.17) is 0 Å². The number of hydrogen-bond donors (Lipinski definition) is 1. The predicted molar refractivity (Wildman–Crippen MR) is 67.9 cm³/mol. The van der Waals surface area contributed by atoms with Crippen LogP contribution in [0.3, 0.4) is 0 Å². The zero-order chi connectivity index (χ0) is 11.1. The normalized spacial score (nSPS) is 11.8. The molecule has 1 rings (SSSR count). The lowest BCUT2D eigenvalue weighted by atomic mass is 10.1. The lowest BCUT2D eigenvalue weighted by Gasteiger charge is -2.01. The molecule has 0 saturated heterocycles. The first-order valence-corrected chi connectivity index (χ1v) is 5.92. The van der Waals surface area contributed by atoms with Gasteiger partial charge in [0.05, 0.1) is 0 Å². The second-order valence-electron chi connectivity index (χ2n) is 3.59. The molecule has 1 N–H and O–H groups in total. The molecule has 0 spiro atoms. The van der Waals surface area contributed by atoms with Gasteiger partial charge in [-0.3, -0.25) is 4.98 Å². The van der Waals surface area contributed by atoms with Crippen molar-refractivity contribution in [2.24, 2.45) is 0 Å². The standard InChI is InChI=1S/C12H17BrN2/c1-10(4-3-7-14-2)8-12-6-5-11(13)9-15-12/h4-6,9,14H,3,7-8H2,1-2H3/b10-4-. The lowest BCUT2D eigenvalue weighted by Crippen LogP contribution is -2.06. The van der Waals surface area contributed by atoms with E-state index in [1.54, 1.807) is 0 Å². The molecule has 1 heterocycles. The minimum atomic E-state index is 0.941. The van der Waals surface area contributed by atoms with E-state index in [0.29, 0.717) is 0 Å². The zero-order valence-electron chi connectivity index (χ0n) is 9.26. The molecule has 0 atom stereocenters. The molecule has 1 aromatic rings. The highest BCUT2D eigenvalue weighted by atomic mass is 79.9. The van der Waals surface area contributed by atoms with Gasteiger partial charge in [-0.1, -0.05) is 11.6 Å². The summed E-state index contributed by atoms with van der Waals surface area (Å²) in [5.41, 5.74) is 2.50. The molecule has 0 bridgehead atoms. The summed E-state index contributed by atoms with van der Waals surface area (Å²) in [6, 6.07) is 4.09. The van der Waals surface area contributed by atoms with Gasteiger partial charge < -0.3 is 5.32 Å². The lowest BCUT2D eigenvalue weighted by molar-refractivity contribution is 0.802. The van der Waals surface area contributed by atoms with E-state index in [1.165, 1.54) is 5.57 Å². The van der Waals surface area contributed by atoms with Crippen LogP contribution < -0.4 is 5.32 Å². The maximum atomic E-state index is 4.34. The summed E-state index contributed by atoms with van der Waals surface area (Å²) < 4.78 is 1.03. The first-order valence-electron chi connectivity index (χ1n) is 5.13. The van der Waals surface area contributed by atoms with Crippen molar-refractivity contribution < 1.29 is 0 Å². The van der Waals surface area contributed by atoms with Crippen LogP contribution >= 0.6 is 15.9 Å². The van der Waals surface area contributed by atoms with Crippen LogP contribution in [0, 0.1) is 0 Å². The van der Waals surface area contributed by atoms with E-state index in [-0.39, 0.29) is 0 Å². The van der Waals surface area contributed by atoms with Gasteiger partial charge in [0.1, 0.15) is 0 Å². The summed E-state index contributed by atoms with van der Waals surface area (Å²) in [4.78, 5) is 4.34. The van der Waals surface area contributed by atoms with Crippen LogP contribution in [-0.4, -0.2) is 18.6 Å². The van der Waals surface area contributed by atoms with Crippen molar-refractivity contribution in [3.8, 4) is 0 Å². The second-order valence-corrected chi connectivity index (χ2v) is 4.50. The smallest absolute Gasteiger partial charge is 0.0444 e. The van der Waals surface area contributed by atoms with Gasteiger partial charge >= 0.3 is 0 Å². The minimum Gasteiger partial charge on any atom is -0.319 e. The van der Waals surface area contributed by atoms with Crippen molar-refractivity contribution in [1.29, 1.82) is 0 Å². The molecule has 1 aromatic heterocycles. The molecule has 15 heavy (non-hydrogen) atoms. The van der Waals surface area contributed by atoms with Crippen LogP contribution in [0.15, 0.2) is 34.5 Å². The predicted octanol–water partition coefficient (Wildman–Crippen LogP) is 2.94. The third-order valence-electron chi connectivity index (χ3n) is 2.14. The molecule has 0 unspecified atom stereocenters. The highest BCUT2D eigenvalue weighted by Gasteiger charge is 1.96. The van der Waals surface area contributed by atoms with Gasteiger partial charge in [0.25, 0.3) is 0 Å². The van der Waals surface area contributed by atoms with Crippen LogP contribution in [0.5, 0.6) is 0 Å². The molecule has 0 fully saturated rings. The van der Waals surface area contributed by atoms with Crippen molar-refractivity contribution in [2.45, 2.75) is 19.8 Å². The van der Waals surface area contributed by atoms with Crippen molar-refractivity contribution in [2.75, 3.05) is 13.6 Å². The molecule has 2 nitrogen and oxygen atoms in total. The largest absolute Gasteiger partial charge is 0.319 e. The Kier molecular flexibility index (Phi) is 5.58. The van der Waals surface area contributed by atoms with Crippen molar-refractivity contribution >= 4 is 15.9 Å². The van der Waals surface area contributed by atoms with Crippen molar-refractivity contribution in [3.05, 3.63) is 40.1 Å². The Balaban J connectivity index is 2.47. The van der Waals surface area contributed by atoms with E-state index in [1.807, 2.05) is 19.3 Å². The number of hydrogen-bond acceptors (Lipinski definition) is 2. The monoisotopic (exact) mass is 268 g/mol. The first kappa shape index (κ1) is 12.4. The van der Waals surface area contributed by atoms with E-state index in [9.17, 15) is 0 Å². The summed E-state index contributed by atoms with van der Waals surface area (Å²) in [5, 5.41) is 3.13. The van der Waals surface area contributed by atoms with Crippen LogP contribution in [0.4, 0.5) is 0 Å². The number of aromatic nitrogens is 1. The summed E-state index contributed by atoms with van der Waals surface area (Å²) >= 11 is 3.38. The van der Waals surface area contributed by atoms with Crippen LogP contribution in [0.25, 0.3) is 0 Å². The molecule has 3 heteroatoms. The molecule has 82 valence electrons. The van der Waals surface area contributed by atoms with Crippen molar-refractivity contribution in [3.63, 3.8) is 0 Å². The number of allylic oxidation sites excluding steroid dienone is 1. The molecule has 0 aromatic carbocycles. The van der Waals surface area contributed by atoms with Crippen LogP contribution in [-0.2, 0) is 6.42 Å². The highest BCUT2D eigenvalue weighted by Crippen LogP contribution is 2.10. The second kappa shape index (κ2) is 6.75. The van der Waals surface area contributed by atoms with E-state index in [0.717, 1.165) is 29.6 Å². The summed E-state index contributed by atoms with van der Waals surface area (Å²) in [5.74, 6) is 0. The Hall–Kier alpha value is -0.670. The Morgan fingerprint density at radius 3 is 2.93 bits per heavy atom. The van der Waals surface area contributed by atoms with Gasteiger partial charge in [-0.25, -0.2) is 0 Å². The van der Waals surface area contributed by atoms with Gasteiger partial charge in [0.2, 0.25) is 0 Å². The van der Waals surface area contributed by atoms with E-state index in [2.05, 4.69) is 45.3 Å². The van der Waals surface area contributed by atoms with E-state index < -0.39 is 0 Å². The maximum Gasteiger partial charge on any atom is 0.0444 e. The number of nitrogens with one attached hydrogen (secondary N) is 1. The van der Waals surface area contributed by atoms with Gasteiger partial charge in [-0.15, -0.1) is 0 Å². The molecular formula is C12H17BrN2.